The van der Waals surface area contributed by atoms with E-state index in [9.17, 15) is 9.59 Å². The van der Waals surface area contributed by atoms with E-state index in [0.717, 1.165) is 34.8 Å². The number of hydrogen-bond acceptors (Lipinski definition) is 6. The fourth-order valence-electron chi connectivity index (χ4n) is 10.7. The van der Waals surface area contributed by atoms with Crippen molar-refractivity contribution in [3.8, 4) is 0 Å². The Morgan fingerprint density at radius 3 is 1.14 bits per heavy atom. The van der Waals surface area contributed by atoms with E-state index in [0.29, 0.717) is 22.0 Å². The number of benzene rings is 8. The first kappa shape index (κ1) is 101. The van der Waals surface area contributed by atoms with Gasteiger partial charge >= 0.3 is 0 Å². The fourth-order valence-corrected chi connectivity index (χ4v) is 10.7. The van der Waals surface area contributed by atoms with Crippen molar-refractivity contribution in [1.82, 2.24) is 29.2 Å². The molecular formula is C103H146N6O2. The van der Waals surface area contributed by atoms with Crippen LogP contribution in [0, 0.1) is 19.3 Å². The van der Waals surface area contributed by atoms with Gasteiger partial charge in [0.1, 0.15) is 11.5 Å². The summed E-state index contributed by atoms with van der Waals surface area (Å²) in [6.45, 7) is 70.9. The third-order valence-electron chi connectivity index (χ3n) is 16.5. The first-order valence-electron chi connectivity index (χ1n) is 40.9. The zero-order chi connectivity index (χ0) is 84.9. The van der Waals surface area contributed by atoms with Crippen molar-refractivity contribution in [1.29, 1.82) is 0 Å². The monoisotopic (exact) mass is 1500 g/mol. The summed E-state index contributed by atoms with van der Waals surface area (Å²) in [5, 5.41) is 6.51. The molecule has 1 aliphatic carbocycles. The fraction of sp³-hybridized carbons (Fsp3) is 0.398. The van der Waals surface area contributed by atoms with Crippen molar-refractivity contribution >= 4 is 56.0 Å². The number of amides is 2. The zero-order valence-electron chi connectivity index (χ0n) is 75.5. The van der Waals surface area contributed by atoms with Crippen LogP contribution in [0.4, 0.5) is 0 Å². The molecule has 0 atom stereocenters. The lowest BCUT2D eigenvalue weighted by Gasteiger charge is -2.29. The minimum absolute atomic E-state index is 0.0707. The van der Waals surface area contributed by atoms with Crippen LogP contribution in [0.3, 0.4) is 0 Å². The number of pyridine rings is 2. The maximum absolute atomic E-state index is 12.0. The van der Waals surface area contributed by atoms with Crippen molar-refractivity contribution in [3.63, 3.8) is 0 Å². The van der Waals surface area contributed by atoms with Crippen molar-refractivity contribution in [2.45, 2.75) is 269 Å². The van der Waals surface area contributed by atoms with Crippen LogP contribution in [0.1, 0.15) is 287 Å². The highest BCUT2D eigenvalue weighted by Crippen LogP contribution is 2.36. The summed E-state index contributed by atoms with van der Waals surface area (Å²) < 4.78 is 2.01. The summed E-state index contributed by atoms with van der Waals surface area (Å²) >= 11 is 0. The summed E-state index contributed by atoms with van der Waals surface area (Å²) in [5.41, 5.74) is 14.6. The molecule has 0 radical (unpaired) electrons. The SMILES string of the molecule is CC.CC.CC.CC.CC.CC.CC.CC(C)(C)C1=Cc2ccccc2C1.CC(C)(C)N1C(=O)c2ccccc2C1=O.CC(C)(C)c1ccc2ccccc2c1.CC(C)(C)c1ccc2ccccc2c1.CC(C)(C)c1ccccc1.CC(C)(C)c1ncccn1.Cc1ccc2ccccc2n1.Cc1cn2ccccc2n1. The molecule has 0 spiro atoms. The molecule has 8 nitrogen and oxygen atoms in total. The van der Waals surface area contributed by atoms with Crippen LogP contribution in [0.5, 0.6) is 0 Å². The Kier molecular flexibility index (Phi) is 46.6. The number of rotatable bonds is 0. The minimum atomic E-state index is -0.465. The molecule has 8 aromatic carbocycles. The van der Waals surface area contributed by atoms with E-state index in [1.54, 1.807) is 42.2 Å². The summed E-state index contributed by atoms with van der Waals surface area (Å²) in [6, 6.07) is 76.7. The Hall–Kier alpha value is -9.66. The Bertz CT molecular complexity index is 4350. The maximum atomic E-state index is 12.0. The molecule has 2 amide bonds. The van der Waals surface area contributed by atoms with E-state index in [1.807, 2.05) is 197 Å². The number of aromatic nitrogens is 5. The summed E-state index contributed by atoms with van der Waals surface area (Å²) in [5.74, 6) is 0.515. The largest absolute Gasteiger partial charge is 0.307 e. The number of fused-ring (bicyclic) bond motifs is 6. The van der Waals surface area contributed by atoms with Gasteiger partial charge in [0.2, 0.25) is 0 Å². The molecule has 1 aliphatic heterocycles. The molecule has 2 aliphatic rings. The van der Waals surface area contributed by atoms with E-state index >= 15 is 0 Å². The predicted molar refractivity (Wildman–Crippen MR) is 491 cm³/mol. The van der Waals surface area contributed by atoms with Gasteiger partial charge in [-0.1, -0.05) is 394 Å². The maximum Gasteiger partial charge on any atom is 0.262 e. The number of carbonyl (C=O) groups excluding carboxylic acids is 2. The molecule has 111 heavy (non-hydrogen) atoms. The van der Waals surface area contributed by atoms with Gasteiger partial charge in [-0.05, 0) is 155 Å². The van der Waals surface area contributed by atoms with Crippen LogP contribution in [-0.4, -0.2) is 46.6 Å². The number of imidazole rings is 1. The third-order valence-corrected chi connectivity index (χ3v) is 16.5. The standard InChI is InChI=1S/2C14H16.C13H16.C12H13NO2.C10H9N.C10H14.C8H8N2.C8H12N2.7C2H6/c2*1-14(2,3)13-9-8-11-6-4-5-7-12(11)10-13;1-13(2,3)12-8-10-6-4-5-7-11(10)9-12;1-12(2,3)13-10(14)8-6-4-5-7-9(8)11(13)15;1-8-6-7-9-4-2-3-5-10(9)11-8;1-10(2,3)9-7-5-4-6-8-9;1-7-6-10-5-3-2-4-8(10)9-7;1-8(2,3)7-9-5-4-6-10-7;7*1-2/h2*4-10H,1-3H3;4-8H,9H2,1-3H3;4-7H,1-3H3;2-7H,1H3;4-8H,1-3H3;2-6H,1H3;4-6H,1-3H3;7*1-2H3. The van der Waals surface area contributed by atoms with E-state index in [2.05, 4.69) is 282 Å². The quantitative estimate of drug-likeness (QED) is 0.140. The molecule has 600 valence electrons. The van der Waals surface area contributed by atoms with E-state index in [1.165, 1.54) is 59.6 Å². The molecule has 0 saturated carbocycles. The first-order chi connectivity index (χ1) is 52.6. The normalized spacial score (nSPS) is 11.4. The van der Waals surface area contributed by atoms with Crippen LogP contribution in [0.2, 0.25) is 0 Å². The molecule has 0 fully saturated rings. The average Bonchev–Trinajstić information content (AvgIpc) is 1.62. The van der Waals surface area contributed by atoms with Crippen LogP contribution in [0.15, 0.2) is 255 Å². The van der Waals surface area contributed by atoms with Gasteiger partial charge in [0.15, 0.2) is 0 Å². The Morgan fingerprint density at radius 1 is 0.333 bits per heavy atom. The van der Waals surface area contributed by atoms with Gasteiger partial charge in [-0.15, -0.1) is 0 Å². The lowest BCUT2D eigenvalue weighted by atomic mass is 9.85. The summed E-state index contributed by atoms with van der Waals surface area (Å²) in [7, 11) is 0. The number of nitrogens with zero attached hydrogens (tertiary/aromatic N) is 6. The second kappa shape index (κ2) is 51.0. The van der Waals surface area contributed by atoms with E-state index in [-0.39, 0.29) is 28.1 Å². The van der Waals surface area contributed by atoms with Gasteiger partial charge < -0.3 is 4.40 Å². The molecule has 0 bridgehead atoms. The lowest BCUT2D eigenvalue weighted by molar-refractivity contribution is 0.0507. The number of para-hydroxylation sites is 1. The van der Waals surface area contributed by atoms with Crippen LogP contribution in [-0.2, 0) is 28.1 Å². The second-order valence-corrected chi connectivity index (χ2v) is 31.0. The third kappa shape index (κ3) is 34.7. The Labute approximate surface area is 676 Å². The summed E-state index contributed by atoms with van der Waals surface area (Å²) in [4.78, 5) is 42.2. The molecule has 5 heterocycles. The number of aryl methyl sites for hydroxylation is 2. The average molecular weight is 1500 g/mol. The van der Waals surface area contributed by atoms with Gasteiger partial charge in [-0.3, -0.25) is 19.5 Å². The van der Waals surface area contributed by atoms with Crippen LogP contribution >= 0.6 is 0 Å². The van der Waals surface area contributed by atoms with Gasteiger partial charge in [0.05, 0.1) is 22.3 Å². The highest BCUT2D eigenvalue weighted by Gasteiger charge is 2.41. The molecule has 0 unspecified atom stereocenters. The van der Waals surface area contributed by atoms with Crippen LogP contribution in [0.25, 0.3) is 44.2 Å². The molecular weight excluding hydrogens is 1350 g/mol. The molecule has 0 N–H and O–H groups in total. The molecule has 8 heteroatoms. The van der Waals surface area contributed by atoms with Crippen molar-refractivity contribution in [2.24, 2.45) is 5.41 Å². The van der Waals surface area contributed by atoms with Gasteiger partial charge in [-0.25, -0.2) is 15.0 Å². The molecule has 12 aromatic rings. The molecule has 4 aromatic heterocycles. The topological polar surface area (TPSA) is 93.4 Å². The smallest absolute Gasteiger partial charge is 0.262 e. The number of imide groups is 1. The highest BCUT2D eigenvalue weighted by molar-refractivity contribution is 6.21. The van der Waals surface area contributed by atoms with Crippen molar-refractivity contribution in [3.05, 3.63) is 311 Å². The molecule has 0 saturated heterocycles. The van der Waals surface area contributed by atoms with Crippen LogP contribution < -0.4 is 0 Å². The van der Waals surface area contributed by atoms with Crippen molar-refractivity contribution < 1.29 is 9.59 Å². The number of hydrogen-bond donors (Lipinski definition) is 0. The second-order valence-electron chi connectivity index (χ2n) is 31.0. The minimum Gasteiger partial charge on any atom is -0.307 e. The number of allylic oxidation sites excluding steroid dienone is 1. The van der Waals surface area contributed by atoms with E-state index < -0.39 is 5.54 Å². The van der Waals surface area contributed by atoms with Gasteiger partial charge in [-0.2, -0.15) is 0 Å². The van der Waals surface area contributed by atoms with E-state index in [4.69, 9.17) is 0 Å². The summed E-state index contributed by atoms with van der Waals surface area (Å²) in [6.07, 6.45) is 11.0. The lowest BCUT2D eigenvalue weighted by Crippen LogP contribution is -2.45. The van der Waals surface area contributed by atoms with Gasteiger partial charge in [0, 0.05) is 46.8 Å². The number of carbonyl (C=O) groups is 2. The predicted octanol–water partition coefficient (Wildman–Crippen LogP) is 30.2. The van der Waals surface area contributed by atoms with Crippen molar-refractivity contribution in [2.75, 3.05) is 0 Å². The Balaban J connectivity index is 0.00000122. The molecule has 14 rings (SSSR count). The zero-order valence-corrected chi connectivity index (χ0v) is 75.5. The first-order valence-corrected chi connectivity index (χ1v) is 40.9. The Morgan fingerprint density at radius 2 is 0.730 bits per heavy atom. The van der Waals surface area contributed by atoms with Gasteiger partial charge in [0.25, 0.3) is 11.8 Å². The highest BCUT2D eigenvalue weighted by atomic mass is 16.2.